The fraction of sp³-hybridized carbons (Fsp3) is 0.278. The molecule has 1 heterocycles. The van der Waals surface area contributed by atoms with E-state index < -0.39 is 0 Å². The predicted octanol–water partition coefficient (Wildman–Crippen LogP) is 4.25. The molecule has 2 aromatic carbocycles. The average Bonchev–Trinajstić information content (AvgIpc) is 2.99. The Kier molecular flexibility index (Phi) is 5.91. The third-order valence-electron chi connectivity index (χ3n) is 4.17. The van der Waals surface area contributed by atoms with Gasteiger partial charge in [-0.25, -0.2) is 0 Å². The molecule has 1 amide bonds. The van der Waals surface area contributed by atoms with Crippen LogP contribution in [0.5, 0.6) is 0 Å². The van der Waals surface area contributed by atoms with Gasteiger partial charge in [0.15, 0.2) is 0 Å². The van der Waals surface area contributed by atoms with Crippen molar-refractivity contribution in [2.45, 2.75) is 25.3 Å². The summed E-state index contributed by atoms with van der Waals surface area (Å²) in [5, 5.41) is 0.736. The molecule has 1 saturated heterocycles. The van der Waals surface area contributed by atoms with Crippen molar-refractivity contribution in [2.24, 2.45) is 0 Å². The van der Waals surface area contributed by atoms with E-state index in [1.54, 1.807) is 0 Å². The van der Waals surface area contributed by atoms with Crippen molar-refractivity contribution in [2.75, 3.05) is 12.3 Å². The lowest BCUT2D eigenvalue weighted by Crippen LogP contribution is -2.32. The highest BCUT2D eigenvalue weighted by Crippen LogP contribution is 2.35. The van der Waals surface area contributed by atoms with Gasteiger partial charge >= 0.3 is 0 Å². The first kappa shape index (κ1) is 17.6. The highest BCUT2D eigenvalue weighted by atomic mass is 35.5. The summed E-state index contributed by atoms with van der Waals surface area (Å²) >= 11 is 6.30. The molecular formula is C18H20Cl2N2O. The maximum atomic E-state index is 12.6. The van der Waals surface area contributed by atoms with Crippen LogP contribution in [0.3, 0.4) is 0 Å². The molecule has 1 aliphatic heterocycles. The van der Waals surface area contributed by atoms with E-state index in [0.717, 1.165) is 35.5 Å². The SMILES string of the molecule is Cl.Nc1ccc(CC(=O)N2CCCC2c2ccccc2Cl)cc1. The lowest BCUT2D eigenvalue weighted by atomic mass is 10.0. The Hall–Kier alpha value is -1.71. The quantitative estimate of drug-likeness (QED) is 0.841. The number of amides is 1. The number of nitrogen functional groups attached to an aromatic ring is 1. The molecule has 0 aromatic heterocycles. The number of rotatable bonds is 3. The van der Waals surface area contributed by atoms with E-state index in [4.69, 9.17) is 17.3 Å². The fourth-order valence-corrected chi connectivity index (χ4v) is 3.31. The van der Waals surface area contributed by atoms with Gasteiger partial charge in [-0.1, -0.05) is 41.9 Å². The van der Waals surface area contributed by atoms with Crippen molar-refractivity contribution in [3.63, 3.8) is 0 Å². The van der Waals surface area contributed by atoms with Crippen LogP contribution >= 0.6 is 24.0 Å². The van der Waals surface area contributed by atoms with Gasteiger partial charge in [0.1, 0.15) is 0 Å². The number of carbonyl (C=O) groups excluding carboxylic acids is 1. The molecule has 0 radical (unpaired) electrons. The summed E-state index contributed by atoms with van der Waals surface area (Å²) in [5.41, 5.74) is 8.44. The first-order valence-electron chi connectivity index (χ1n) is 7.53. The topological polar surface area (TPSA) is 46.3 Å². The zero-order valence-electron chi connectivity index (χ0n) is 12.7. The van der Waals surface area contributed by atoms with Crippen molar-refractivity contribution < 1.29 is 4.79 Å². The second kappa shape index (κ2) is 7.71. The Morgan fingerprint density at radius 1 is 1.17 bits per heavy atom. The van der Waals surface area contributed by atoms with Gasteiger partial charge in [0.05, 0.1) is 12.5 Å². The molecule has 122 valence electrons. The minimum Gasteiger partial charge on any atom is -0.399 e. The molecule has 1 unspecified atom stereocenters. The zero-order valence-corrected chi connectivity index (χ0v) is 14.3. The molecule has 3 rings (SSSR count). The molecular weight excluding hydrogens is 331 g/mol. The number of nitrogens with zero attached hydrogens (tertiary/aromatic N) is 1. The van der Waals surface area contributed by atoms with Gasteiger partial charge < -0.3 is 10.6 Å². The molecule has 2 N–H and O–H groups in total. The van der Waals surface area contributed by atoms with E-state index in [-0.39, 0.29) is 24.4 Å². The van der Waals surface area contributed by atoms with Crippen molar-refractivity contribution in [3.8, 4) is 0 Å². The second-order valence-corrected chi connectivity index (χ2v) is 6.09. The largest absolute Gasteiger partial charge is 0.399 e. The molecule has 1 aliphatic rings. The molecule has 5 heteroatoms. The number of hydrogen-bond donors (Lipinski definition) is 1. The fourth-order valence-electron chi connectivity index (χ4n) is 3.05. The number of hydrogen-bond acceptors (Lipinski definition) is 2. The van der Waals surface area contributed by atoms with E-state index in [1.165, 1.54) is 0 Å². The Morgan fingerprint density at radius 2 is 1.87 bits per heavy atom. The lowest BCUT2D eigenvalue weighted by molar-refractivity contribution is -0.131. The zero-order chi connectivity index (χ0) is 15.5. The first-order valence-corrected chi connectivity index (χ1v) is 7.91. The van der Waals surface area contributed by atoms with Crippen LogP contribution in [0.25, 0.3) is 0 Å². The van der Waals surface area contributed by atoms with Crippen LogP contribution in [0, 0.1) is 0 Å². The first-order chi connectivity index (χ1) is 10.6. The van der Waals surface area contributed by atoms with Crippen LogP contribution in [0.2, 0.25) is 5.02 Å². The maximum Gasteiger partial charge on any atom is 0.227 e. The number of nitrogens with two attached hydrogens (primary N) is 1. The Bertz CT molecular complexity index is 673. The lowest BCUT2D eigenvalue weighted by Gasteiger charge is -2.26. The molecule has 23 heavy (non-hydrogen) atoms. The normalized spacial score (nSPS) is 16.9. The smallest absolute Gasteiger partial charge is 0.227 e. The van der Waals surface area contributed by atoms with Gasteiger partial charge in [0.25, 0.3) is 0 Å². The monoisotopic (exact) mass is 350 g/mol. The summed E-state index contributed by atoms with van der Waals surface area (Å²) in [6, 6.07) is 15.4. The van der Waals surface area contributed by atoms with Gasteiger partial charge in [-0.2, -0.15) is 0 Å². The highest BCUT2D eigenvalue weighted by molar-refractivity contribution is 6.31. The van der Waals surface area contributed by atoms with E-state index in [1.807, 2.05) is 53.4 Å². The number of likely N-dealkylation sites (tertiary alicyclic amines) is 1. The summed E-state index contributed by atoms with van der Waals surface area (Å²) < 4.78 is 0. The number of carbonyl (C=O) groups is 1. The predicted molar refractivity (Wildman–Crippen MR) is 96.9 cm³/mol. The van der Waals surface area contributed by atoms with Crippen LogP contribution < -0.4 is 5.73 Å². The molecule has 0 aliphatic carbocycles. The van der Waals surface area contributed by atoms with Gasteiger partial charge in [0, 0.05) is 17.3 Å². The van der Waals surface area contributed by atoms with E-state index in [0.29, 0.717) is 12.1 Å². The third-order valence-corrected chi connectivity index (χ3v) is 4.52. The Labute approximate surface area is 147 Å². The van der Waals surface area contributed by atoms with Crippen molar-refractivity contribution in [1.29, 1.82) is 0 Å². The van der Waals surface area contributed by atoms with Crippen LogP contribution in [0.1, 0.15) is 30.0 Å². The van der Waals surface area contributed by atoms with Gasteiger partial charge in [-0.05, 0) is 42.2 Å². The molecule has 2 aromatic rings. The van der Waals surface area contributed by atoms with Crippen LogP contribution in [0.15, 0.2) is 48.5 Å². The van der Waals surface area contributed by atoms with Crippen molar-refractivity contribution >= 4 is 35.6 Å². The van der Waals surface area contributed by atoms with Gasteiger partial charge in [-0.3, -0.25) is 4.79 Å². The van der Waals surface area contributed by atoms with Crippen molar-refractivity contribution in [1.82, 2.24) is 4.90 Å². The summed E-state index contributed by atoms with van der Waals surface area (Å²) in [6.07, 6.45) is 2.39. The van der Waals surface area contributed by atoms with Crippen molar-refractivity contribution in [3.05, 3.63) is 64.7 Å². The summed E-state index contributed by atoms with van der Waals surface area (Å²) in [7, 11) is 0. The van der Waals surface area contributed by atoms with Crippen LogP contribution in [0.4, 0.5) is 5.69 Å². The molecule has 0 bridgehead atoms. The highest BCUT2D eigenvalue weighted by Gasteiger charge is 2.30. The Balaban J connectivity index is 0.00000192. The maximum absolute atomic E-state index is 12.6. The van der Waals surface area contributed by atoms with Crippen LogP contribution in [-0.4, -0.2) is 17.4 Å². The number of halogens is 2. The second-order valence-electron chi connectivity index (χ2n) is 5.69. The summed E-state index contributed by atoms with van der Waals surface area (Å²) in [5.74, 6) is 0.146. The van der Waals surface area contributed by atoms with Crippen LogP contribution in [-0.2, 0) is 11.2 Å². The summed E-state index contributed by atoms with van der Waals surface area (Å²) in [4.78, 5) is 14.6. The van der Waals surface area contributed by atoms with E-state index >= 15 is 0 Å². The molecule has 0 spiro atoms. The average molecular weight is 351 g/mol. The summed E-state index contributed by atoms with van der Waals surface area (Å²) in [6.45, 7) is 0.795. The van der Waals surface area contributed by atoms with E-state index in [2.05, 4.69) is 0 Å². The van der Waals surface area contributed by atoms with E-state index in [9.17, 15) is 4.79 Å². The minimum absolute atomic E-state index is 0. The number of anilines is 1. The van der Waals surface area contributed by atoms with Gasteiger partial charge in [0.2, 0.25) is 5.91 Å². The molecule has 1 atom stereocenters. The minimum atomic E-state index is 0. The molecule has 1 fully saturated rings. The third kappa shape index (κ3) is 3.98. The Morgan fingerprint density at radius 3 is 2.57 bits per heavy atom. The molecule has 3 nitrogen and oxygen atoms in total. The van der Waals surface area contributed by atoms with Gasteiger partial charge in [-0.15, -0.1) is 12.4 Å². The number of benzene rings is 2. The standard InChI is InChI=1S/C18H19ClN2O.ClH/c19-16-5-2-1-4-15(16)17-6-3-11-21(17)18(22)12-13-7-9-14(20)10-8-13;/h1-2,4-5,7-10,17H,3,6,11-12,20H2;1H. The molecule has 0 saturated carbocycles.